The van der Waals surface area contributed by atoms with Crippen molar-refractivity contribution in [1.82, 2.24) is 4.37 Å². The van der Waals surface area contributed by atoms with E-state index < -0.39 is 0 Å². The zero-order valence-corrected chi connectivity index (χ0v) is 10.4. The van der Waals surface area contributed by atoms with Crippen molar-refractivity contribution in [2.24, 2.45) is 0 Å². The number of nitrogens with one attached hydrogen (secondary N) is 1. The van der Waals surface area contributed by atoms with Crippen LogP contribution in [0, 0.1) is 0 Å². The highest BCUT2D eigenvalue weighted by molar-refractivity contribution is 7.10. The van der Waals surface area contributed by atoms with Crippen LogP contribution in [0.4, 0.5) is 10.8 Å². The smallest absolute Gasteiger partial charge is 0.139 e. The fourth-order valence-electron chi connectivity index (χ4n) is 1.65. The second kappa shape index (κ2) is 6.67. The summed E-state index contributed by atoms with van der Waals surface area (Å²) in [5, 5.41) is 4.61. The van der Waals surface area contributed by atoms with Crippen molar-refractivity contribution in [2.75, 3.05) is 11.1 Å². The first-order valence-electron chi connectivity index (χ1n) is 5.75. The molecule has 0 saturated heterocycles. The van der Waals surface area contributed by atoms with Crippen LogP contribution in [0.1, 0.15) is 46.0 Å². The molecule has 3 nitrogen and oxygen atoms in total. The van der Waals surface area contributed by atoms with Crippen molar-refractivity contribution in [2.45, 2.75) is 52.0 Å². The number of hydrogen-bond donors (Lipinski definition) is 2. The number of nitrogen functional groups attached to an aromatic ring is 1. The average Bonchev–Trinajstić information content (AvgIpc) is 2.61. The van der Waals surface area contributed by atoms with Gasteiger partial charge < -0.3 is 11.1 Å². The second-order valence-electron chi connectivity index (χ2n) is 3.89. The third-order valence-electron chi connectivity index (χ3n) is 2.42. The maximum atomic E-state index is 5.59. The van der Waals surface area contributed by atoms with Gasteiger partial charge in [0, 0.05) is 12.1 Å². The average molecular weight is 227 g/mol. The van der Waals surface area contributed by atoms with Crippen LogP contribution in [0.15, 0.2) is 6.07 Å². The molecular formula is C11H21N3S. The number of anilines is 2. The molecule has 1 rings (SSSR count). The monoisotopic (exact) mass is 227 g/mol. The predicted molar refractivity (Wildman–Crippen MR) is 68.4 cm³/mol. The van der Waals surface area contributed by atoms with Crippen LogP contribution in [-0.2, 0) is 0 Å². The lowest BCUT2D eigenvalue weighted by atomic mass is 10.1. The summed E-state index contributed by atoms with van der Waals surface area (Å²) in [6, 6.07) is 2.49. The predicted octanol–water partition coefficient (Wildman–Crippen LogP) is 3.50. The van der Waals surface area contributed by atoms with Gasteiger partial charge in [-0.3, -0.25) is 0 Å². The highest BCUT2D eigenvalue weighted by Gasteiger charge is 2.08. The minimum Gasteiger partial charge on any atom is -0.383 e. The Balaban J connectivity index is 2.42. The Morgan fingerprint density at radius 3 is 2.73 bits per heavy atom. The van der Waals surface area contributed by atoms with Crippen LogP contribution in [0.2, 0.25) is 0 Å². The van der Waals surface area contributed by atoms with Crippen LogP contribution in [0.5, 0.6) is 0 Å². The third-order valence-corrected chi connectivity index (χ3v) is 3.15. The zero-order valence-electron chi connectivity index (χ0n) is 9.62. The Labute approximate surface area is 96.2 Å². The number of nitrogens with zero attached hydrogens (tertiary/aromatic N) is 1. The molecular weight excluding hydrogens is 206 g/mol. The number of aromatic nitrogens is 1. The lowest BCUT2D eigenvalue weighted by Gasteiger charge is -2.17. The van der Waals surface area contributed by atoms with Gasteiger partial charge >= 0.3 is 0 Å². The number of rotatable bonds is 7. The third kappa shape index (κ3) is 4.51. The van der Waals surface area contributed by atoms with E-state index in [2.05, 4.69) is 23.5 Å². The van der Waals surface area contributed by atoms with E-state index in [1.807, 2.05) is 6.07 Å². The number of nitrogens with two attached hydrogens (primary N) is 1. The van der Waals surface area contributed by atoms with Gasteiger partial charge in [0.2, 0.25) is 0 Å². The van der Waals surface area contributed by atoms with E-state index in [4.69, 9.17) is 5.73 Å². The zero-order chi connectivity index (χ0) is 11.1. The Bertz CT molecular complexity index is 273. The summed E-state index contributed by atoms with van der Waals surface area (Å²) in [5.41, 5.74) is 5.59. The summed E-state index contributed by atoms with van der Waals surface area (Å²) >= 11 is 1.45. The molecule has 15 heavy (non-hydrogen) atoms. The minimum absolute atomic E-state index is 0.579. The van der Waals surface area contributed by atoms with E-state index in [0.717, 1.165) is 5.00 Å². The topological polar surface area (TPSA) is 50.9 Å². The fraction of sp³-hybridized carbons (Fsp3) is 0.727. The van der Waals surface area contributed by atoms with Gasteiger partial charge in [-0.25, -0.2) is 0 Å². The van der Waals surface area contributed by atoms with Gasteiger partial charge in [0.15, 0.2) is 0 Å². The van der Waals surface area contributed by atoms with Crippen molar-refractivity contribution in [1.29, 1.82) is 0 Å². The molecule has 0 radical (unpaired) electrons. The van der Waals surface area contributed by atoms with E-state index in [-0.39, 0.29) is 0 Å². The Hall–Kier alpha value is -0.770. The van der Waals surface area contributed by atoms with Crippen LogP contribution >= 0.6 is 11.5 Å². The van der Waals surface area contributed by atoms with Crippen LogP contribution < -0.4 is 11.1 Å². The Morgan fingerprint density at radius 2 is 2.20 bits per heavy atom. The summed E-state index contributed by atoms with van der Waals surface area (Å²) in [5.74, 6) is 0.619. The van der Waals surface area contributed by atoms with E-state index in [0.29, 0.717) is 11.9 Å². The molecule has 0 spiro atoms. The van der Waals surface area contributed by atoms with Crippen molar-refractivity contribution < 1.29 is 0 Å². The highest BCUT2D eigenvalue weighted by Crippen LogP contribution is 2.21. The van der Waals surface area contributed by atoms with E-state index >= 15 is 0 Å². The van der Waals surface area contributed by atoms with Crippen LogP contribution in [0.3, 0.4) is 0 Å². The first-order valence-corrected chi connectivity index (χ1v) is 6.52. The SMILES string of the molecule is CCCCC(CCC)Nc1cc(N)ns1. The van der Waals surface area contributed by atoms with Gasteiger partial charge in [-0.2, -0.15) is 4.37 Å². The maximum absolute atomic E-state index is 5.59. The van der Waals surface area contributed by atoms with Crippen LogP contribution in [-0.4, -0.2) is 10.4 Å². The molecule has 0 aliphatic rings. The minimum atomic E-state index is 0.579. The summed E-state index contributed by atoms with van der Waals surface area (Å²) in [4.78, 5) is 0. The summed E-state index contributed by atoms with van der Waals surface area (Å²) in [6.45, 7) is 4.45. The van der Waals surface area contributed by atoms with Crippen molar-refractivity contribution in [3.63, 3.8) is 0 Å². The molecule has 1 aromatic heterocycles. The standard InChI is InChI=1S/C11H21N3S/c1-3-5-7-9(6-4-2)13-11-8-10(12)14-15-11/h8-9,13H,3-7H2,1-2H3,(H2,12,14). The lowest BCUT2D eigenvalue weighted by molar-refractivity contribution is 0.565. The van der Waals surface area contributed by atoms with Gasteiger partial charge in [0.05, 0.1) is 0 Å². The molecule has 3 N–H and O–H groups in total. The maximum Gasteiger partial charge on any atom is 0.139 e. The molecule has 1 atom stereocenters. The molecule has 4 heteroatoms. The van der Waals surface area contributed by atoms with Gasteiger partial charge in [0.1, 0.15) is 10.8 Å². The van der Waals surface area contributed by atoms with E-state index in [9.17, 15) is 0 Å². The van der Waals surface area contributed by atoms with Gasteiger partial charge in [0.25, 0.3) is 0 Å². The van der Waals surface area contributed by atoms with Gasteiger partial charge in [-0.15, -0.1) is 0 Å². The Morgan fingerprint density at radius 1 is 1.40 bits per heavy atom. The van der Waals surface area contributed by atoms with Crippen LogP contribution in [0.25, 0.3) is 0 Å². The molecule has 0 saturated carbocycles. The van der Waals surface area contributed by atoms with Gasteiger partial charge in [-0.05, 0) is 24.4 Å². The normalized spacial score (nSPS) is 12.7. The summed E-state index contributed by atoms with van der Waals surface area (Å²) in [7, 11) is 0. The Kier molecular flexibility index (Phi) is 5.47. The molecule has 0 bridgehead atoms. The number of unbranched alkanes of at least 4 members (excludes halogenated alkanes) is 1. The molecule has 1 heterocycles. The second-order valence-corrected chi connectivity index (χ2v) is 4.69. The molecule has 1 unspecified atom stereocenters. The largest absolute Gasteiger partial charge is 0.383 e. The molecule has 0 amide bonds. The molecule has 0 fully saturated rings. The van der Waals surface area contributed by atoms with Crippen molar-refractivity contribution >= 4 is 22.4 Å². The van der Waals surface area contributed by atoms with Gasteiger partial charge in [-0.1, -0.05) is 33.1 Å². The molecule has 1 aromatic rings. The molecule has 0 aliphatic carbocycles. The molecule has 0 aliphatic heterocycles. The first kappa shape index (κ1) is 12.3. The summed E-state index contributed by atoms with van der Waals surface area (Å²) in [6.07, 6.45) is 6.22. The highest BCUT2D eigenvalue weighted by atomic mass is 32.1. The van der Waals surface area contributed by atoms with E-state index in [1.165, 1.54) is 43.6 Å². The molecule has 86 valence electrons. The van der Waals surface area contributed by atoms with Crippen molar-refractivity contribution in [3.8, 4) is 0 Å². The quantitative estimate of drug-likeness (QED) is 0.749. The lowest BCUT2D eigenvalue weighted by Crippen LogP contribution is -2.18. The number of hydrogen-bond acceptors (Lipinski definition) is 4. The molecule has 0 aromatic carbocycles. The van der Waals surface area contributed by atoms with Crippen molar-refractivity contribution in [3.05, 3.63) is 6.07 Å². The first-order chi connectivity index (χ1) is 7.26. The van der Waals surface area contributed by atoms with E-state index in [1.54, 1.807) is 0 Å². The fourth-order valence-corrected chi connectivity index (χ4v) is 2.30. The summed E-state index contributed by atoms with van der Waals surface area (Å²) < 4.78 is 4.07.